The molecule has 0 radical (unpaired) electrons. The maximum absolute atomic E-state index is 11.8. The van der Waals surface area contributed by atoms with Gasteiger partial charge in [0.05, 0.1) is 26.5 Å². The molecule has 27 nitrogen and oxygen atoms in total. The van der Waals surface area contributed by atoms with Gasteiger partial charge in [0.15, 0.2) is 0 Å². The van der Waals surface area contributed by atoms with Crippen LogP contribution >= 0.6 is 0 Å². The summed E-state index contributed by atoms with van der Waals surface area (Å²) in [6.45, 7) is -6.23. The smallest absolute Gasteiger partial charge is 0.328 e. The lowest BCUT2D eigenvalue weighted by Gasteiger charge is -2.40. The number of hydrogen-bond acceptors (Lipinski definition) is 15. The minimum atomic E-state index is -2.28. The van der Waals surface area contributed by atoms with Crippen molar-refractivity contribution < 1.29 is 73.8 Å². The zero-order valence-corrected chi connectivity index (χ0v) is 23.2. The second kappa shape index (κ2) is 14.9. The Morgan fingerprint density at radius 3 is 1.48 bits per heavy atom. The summed E-state index contributed by atoms with van der Waals surface area (Å²) in [6.07, 6.45) is 0. The van der Waals surface area contributed by atoms with Gasteiger partial charge in [-0.3, -0.25) is 40.1 Å². The number of hydrogen-bond donors (Lipinski definition) is 16. The Morgan fingerprint density at radius 1 is 0.674 bits per heavy atom. The van der Waals surface area contributed by atoms with Crippen molar-refractivity contribution in [2.45, 2.75) is 17.0 Å². The van der Waals surface area contributed by atoms with Crippen molar-refractivity contribution in [2.75, 3.05) is 46.7 Å². The topological polar surface area (TPSA) is 402 Å². The summed E-state index contributed by atoms with van der Waals surface area (Å²) in [7, 11) is 0. The van der Waals surface area contributed by atoms with E-state index in [4.69, 9.17) is 15.3 Å². The summed E-state index contributed by atoms with van der Waals surface area (Å²) in [5, 5.41) is 74.3. The third kappa shape index (κ3) is 7.19. The van der Waals surface area contributed by atoms with Crippen LogP contribution in [0, 0.1) is 0 Å². The van der Waals surface area contributed by atoms with E-state index in [0.717, 1.165) is 0 Å². The van der Waals surface area contributed by atoms with Crippen LogP contribution in [0.1, 0.15) is 0 Å². The Hall–Kier alpha value is -5.61. The van der Waals surface area contributed by atoms with Crippen molar-refractivity contribution in [3.63, 3.8) is 0 Å². The van der Waals surface area contributed by atoms with Crippen LogP contribution in [0.3, 0.4) is 0 Å². The SMILES string of the molecule is O=C(NCNC(=O)NC1(CO)NC(=O)NC1=O)NC1(CO)NC(=O)NC1=O.O=C(NCO)N(CO)C1(CO)C(=O)NC(=O)N1CO. The highest BCUT2D eigenvalue weighted by Gasteiger charge is 2.58. The predicted molar refractivity (Wildman–Crippen MR) is 138 cm³/mol. The van der Waals surface area contributed by atoms with E-state index >= 15 is 0 Å². The lowest BCUT2D eigenvalue weighted by Crippen LogP contribution is -2.68. The largest absolute Gasteiger partial charge is 0.391 e. The molecule has 46 heavy (non-hydrogen) atoms. The Morgan fingerprint density at radius 2 is 1.15 bits per heavy atom. The summed E-state index contributed by atoms with van der Waals surface area (Å²) < 4.78 is 0. The number of urea groups is 6. The first-order chi connectivity index (χ1) is 21.6. The van der Waals surface area contributed by atoms with Crippen molar-refractivity contribution in [3.8, 4) is 0 Å². The van der Waals surface area contributed by atoms with Crippen molar-refractivity contribution in [1.82, 2.24) is 63.0 Å². The molecule has 256 valence electrons. The van der Waals surface area contributed by atoms with E-state index in [1.54, 1.807) is 5.32 Å². The monoisotopic (exact) mass is 666 g/mol. The third-order valence-electron chi connectivity index (χ3n) is 6.21. The van der Waals surface area contributed by atoms with Gasteiger partial charge in [0.25, 0.3) is 17.7 Å². The summed E-state index contributed by atoms with van der Waals surface area (Å²) >= 11 is 0. The minimum Gasteiger partial charge on any atom is -0.391 e. The molecule has 16 N–H and O–H groups in total. The molecule has 3 aliphatic heterocycles. The number of carbonyl (C=O) groups excluding carboxylic acids is 9. The molecule has 0 bridgehead atoms. The lowest BCUT2D eigenvalue weighted by atomic mass is 10.1. The van der Waals surface area contributed by atoms with Gasteiger partial charge in [0.1, 0.15) is 20.2 Å². The summed E-state index contributed by atoms with van der Waals surface area (Å²) in [5.41, 5.74) is -6.40. The number of aliphatic hydroxyl groups excluding tert-OH is 6. The normalized spacial score (nSPS) is 24.8. The van der Waals surface area contributed by atoms with Crippen molar-refractivity contribution in [2.24, 2.45) is 0 Å². The number of aliphatic hydroxyl groups is 6. The van der Waals surface area contributed by atoms with E-state index in [0.29, 0.717) is 9.80 Å². The Bertz CT molecular complexity index is 1230. The standard InChI is InChI=1S/C11H16N8O8.C8H14N4O7/c20-1-10(4(22)14-8(26)18-10)16-6(24)12-3-13-7(25)17-11(2-21)5(23)15-9(27)19-11;13-1-8(11(3-15)6(18)9-2-14)5(17)10-7(19)12(8)4-16/h20-21H,1-3H2,(H2,12,16,24)(H2,13,17,25)(H2,14,18,22,26)(H2,15,19,23,27);13-16H,1-4H2,(H,9,18)(H,10,17,19). The highest BCUT2D eigenvalue weighted by atomic mass is 16.3. The Kier molecular flexibility index (Phi) is 11.9. The minimum absolute atomic E-state index is 0.402. The molecule has 3 fully saturated rings. The molecule has 0 aromatic heterocycles. The molecule has 3 rings (SSSR count). The number of nitrogens with one attached hydrogen (secondary N) is 10. The molecule has 3 heterocycles. The van der Waals surface area contributed by atoms with Crippen LogP contribution in [0.5, 0.6) is 0 Å². The van der Waals surface area contributed by atoms with E-state index in [9.17, 15) is 58.5 Å². The van der Waals surface area contributed by atoms with E-state index in [1.165, 1.54) is 0 Å². The first kappa shape index (κ1) is 36.6. The van der Waals surface area contributed by atoms with Crippen molar-refractivity contribution in [1.29, 1.82) is 0 Å². The molecular formula is C19H30N12O15. The molecule has 0 aliphatic carbocycles. The van der Waals surface area contributed by atoms with Gasteiger partial charge in [-0.05, 0) is 0 Å². The number of imide groups is 3. The quantitative estimate of drug-likeness (QED) is 0.0719. The number of nitrogens with zero attached hydrogens (tertiary/aromatic N) is 2. The van der Waals surface area contributed by atoms with Gasteiger partial charge in [0.2, 0.25) is 17.0 Å². The molecule has 15 amide bonds. The second-order valence-electron chi connectivity index (χ2n) is 8.89. The fraction of sp³-hybridized carbons (Fsp3) is 0.526. The molecule has 3 saturated heterocycles. The average molecular weight is 667 g/mol. The van der Waals surface area contributed by atoms with Gasteiger partial charge >= 0.3 is 36.2 Å². The van der Waals surface area contributed by atoms with Gasteiger partial charge in [-0.25, -0.2) is 28.8 Å². The van der Waals surface area contributed by atoms with Crippen LogP contribution in [-0.4, -0.2) is 158 Å². The van der Waals surface area contributed by atoms with Crippen LogP contribution in [0.25, 0.3) is 0 Å². The maximum Gasteiger partial charge on any atom is 0.328 e. The maximum atomic E-state index is 11.8. The fourth-order valence-corrected chi connectivity index (χ4v) is 3.90. The molecular weight excluding hydrogens is 636 g/mol. The third-order valence-corrected chi connectivity index (χ3v) is 6.21. The summed E-state index contributed by atoms with van der Waals surface area (Å²) in [5.74, 6) is -3.05. The lowest BCUT2D eigenvalue weighted by molar-refractivity contribution is -0.147. The number of rotatable bonds is 11. The van der Waals surface area contributed by atoms with Gasteiger partial charge in [-0.15, -0.1) is 0 Å². The van der Waals surface area contributed by atoms with E-state index < -0.39 is 118 Å². The molecule has 0 aromatic carbocycles. The molecule has 3 atom stereocenters. The predicted octanol–water partition coefficient (Wildman–Crippen LogP) is -9.31. The first-order valence-corrected chi connectivity index (χ1v) is 12.4. The molecule has 0 aromatic rings. The van der Waals surface area contributed by atoms with E-state index in [1.807, 2.05) is 37.2 Å². The molecule has 3 unspecified atom stereocenters. The summed E-state index contributed by atoms with van der Waals surface area (Å²) in [4.78, 5) is 105. The van der Waals surface area contributed by atoms with Gasteiger partial charge < -0.3 is 67.9 Å². The zero-order valence-electron chi connectivity index (χ0n) is 23.2. The Labute approximate surface area is 255 Å². The van der Waals surface area contributed by atoms with Crippen LogP contribution < -0.4 is 53.2 Å². The zero-order chi connectivity index (χ0) is 34.9. The second-order valence-corrected chi connectivity index (χ2v) is 8.89. The van der Waals surface area contributed by atoms with Crippen LogP contribution in [0.2, 0.25) is 0 Å². The van der Waals surface area contributed by atoms with Crippen LogP contribution in [0.4, 0.5) is 28.8 Å². The van der Waals surface area contributed by atoms with Gasteiger partial charge in [-0.1, -0.05) is 0 Å². The molecule has 27 heteroatoms. The molecule has 3 aliphatic rings. The molecule has 0 saturated carbocycles. The van der Waals surface area contributed by atoms with Crippen molar-refractivity contribution in [3.05, 3.63) is 0 Å². The highest BCUT2D eigenvalue weighted by Crippen LogP contribution is 2.25. The Balaban J connectivity index is 0.000000341. The number of amides is 15. The fourth-order valence-electron chi connectivity index (χ4n) is 3.90. The van der Waals surface area contributed by atoms with E-state index in [2.05, 4.69) is 10.6 Å². The van der Waals surface area contributed by atoms with E-state index in [-0.39, 0.29) is 0 Å². The van der Waals surface area contributed by atoms with Crippen LogP contribution in [-0.2, 0) is 14.4 Å². The van der Waals surface area contributed by atoms with Crippen LogP contribution in [0.15, 0.2) is 0 Å². The molecule has 0 spiro atoms. The highest BCUT2D eigenvalue weighted by molar-refractivity contribution is 6.09. The average Bonchev–Trinajstić information content (AvgIpc) is 3.54. The summed E-state index contributed by atoms with van der Waals surface area (Å²) in [6, 6.07) is -6.05. The van der Waals surface area contributed by atoms with Crippen molar-refractivity contribution >= 4 is 53.9 Å². The van der Waals surface area contributed by atoms with Gasteiger partial charge in [-0.2, -0.15) is 0 Å². The first-order valence-electron chi connectivity index (χ1n) is 12.4. The number of carbonyl (C=O) groups is 9. The van der Waals surface area contributed by atoms with Gasteiger partial charge in [0, 0.05) is 0 Å².